The summed E-state index contributed by atoms with van der Waals surface area (Å²) in [6.45, 7) is 2.16. The zero-order chi connectivity index (χ0) is 9.26. The van der Waals surface area contributed by atoms with Gasteiger partial charge < -0.3 is 10.1 Å². The number of hydrogen-bond donors (Lipinski definition) is 1. The second kappa shape index (κ2) is 3.39. The van der Waals surface area contributed by atoms with Crippen molar-refractivity contribution in [3.63, 3.8) is 0 Å². The summed E-state index contributed by atoms with van der Waals surface area (Å²) in [5.41, 5.74) is 0. The van der Waals surface area contributed by atoms with Crippen molar-refractivity contribution >= 4 is 5.97 Å². The number of esters is 1. The number of nitrogens with one attached hydrogen (secondary N) is 1. The first-order valence-electron chi connectivity index (χ1n) is 4.63. The highest BCUT2D eigenvalue weighted by atomic mass is 16.5. The monoisotopic (exact) mass is 179 g/mol. The molecule has 2 rings (SSSR count). The highest BCUT2D eigenvalue weighted by Crippen LogP contribution is 2.49. The molecule has 1 N–H and O–H groups in total. The van der Waals surface area contributed by atoms with Crippen LogP contribution < -0.4 is 5.32 Å². The van der Waals surface area contributed by atoms with Crippen LogP contribution in [0, 0.1) is 29.6 Å². The van der Waals surface area contributed by atoms with Crippen molar-refractivity contribution in [2.45, 2.75) is 6.42 Å². The first-order chi connectivity index (χ1) is 6.33. The number of carbonyl (C=O) groups is 1. The number of rotatable bonds is 0. The van der Waals surface area contributed by atoms with Crippen LogP contribution in [-0.2, 0) is 9.53 Å². The van der Waals surface area contributed by atoms with Gasteiger partial charge in [-0.15, -0.1) is 0 Å². The molecular weight excluding hydrogens is 166 g/mol. The molecule has 0 amide bonds. The average Bonchev–Trinajstić information content (AvgIpc) is 2.88. The van der Waals surface area contributed by atoms with Crippen molar-refractivity contribution in [1.29, 1.82) is 0 Å². The topological polar surface area (TPSA) is 38.3 Å². The Bertz CT molecular complexity index is 264. The average molecular weight is 179 g/mol. The second-order valence-electron chi connectivity index (χ2n) is 3.61. The fourth-order valence-corrected chi connectivity index (χ4v) is 2.06. The largest absolute Gasteiger partial charge is 0.459 e. The Hall–Kier alpha value is -1.01. The molecule has 1 saturated heterocycles. The standard InChI is InChI=1S/C10H13NO2/c1-13-10(12)3-2-7-8-4-5-11-6-9(7)8/h7-9,11H,4-6H2,1H3. The molecule has 0 aromatic rings. The van der Waals surface area contributed by atoms with Gasteiger partial charge in [0.2, 0.25) is 0 Å². The van der Waals surface area contributed by atoms with Gasteiger partial charge in [-0.3, -0.25) is 0 Å². The summed E-state index contributed by atoms with van der Waals surface area (Å²) in [5.74, 6) is 6.94. The van der Waals surface area contributed by atoms with Crippen LogP contribution in [-0.4, -0.2) is 26.2 Å². The predicted molar refractivity (Wildman–Crippen MR) is 47.7 cm³/mol. The van der Waals surface area contributed by atoms with Crippen LogP contribution >= 0.6 is 0 Å². The first-order valence-corrected chi connectivity index (χ1v) is 4.63. The van der Waals surface area contributed by atoms with E-state index < -0.39 is 5.97 Å². The van der Waals surface area contributed by atoms with Crippen molar-refractivity contribution in [3.05, 3.63) is 0 Å². The van der Waals surface area contributed by atoms with Crippen LogP contribution in [0.25, 0.3) is 0 Å². The smallest absolute Gasteiger partial charge is 0.384 e. The minimum Gasteiger partial charge on any atom is -0.459 e. The number of ether oxygens (including phenoxy) is 1. The first kappa shape index (κ1) is 8.58. The Labute approximate surface area is 77.8 Å². The molecule has 2 aliphatic rings. The quantitative estimate of drug-likeness (QED) is 0.323. The Morgan fingerprint density at radius 1 is 1.54 bits per heavy atom. The molecule has 1 aliphatic carbocycles. The molecule has 3 nitrogen and oxygen atoms in total. The fraction of sp³-hybridized carbons (Fsp3) is 0.700. The van der Waals surface area contributed by atoms with Crippen molar-refractivity contribution in [2.75, 3.05) is 20.2 Å². The molecule has 1 aliphatic heterocycles. The van der Waals surface area contributed by atoms with Crippen LogP contribution in [0.15, 0.2) is 0 Å². The van der Waals surface area contributed by atoms with Crippen LogP contribution in [0.2, 0.25) is 0 Å². The summed E-state index contributed by atoms with van der Waals surface area (Å²) in [4.78, 5) is 10.7. The van der Waals surface area contributed by atoms with Crippen LogP contribution in [0.3, 0.4) is 0 Å². The number of piperidine rings is 1. The molecule has 2 fully saturated rings. The van der Waals surface area contributed by atoms with Gasteiger partial charge in [0.25, 0.3) is 0 Å². The third kappa shape index (κ3) is 1.68. The van der Waals surface area contributed by atoms with E-state index in [4.69, 9.17) is 0 Å². The van der Waals surface area contributed by atoms with Crippen LogP contribution in [0.1, 0.15) is 6.42 Å². The van der Waals surface area contributed by atoms with E-state index in [0.29, 0.717) is 11.8 Å². The van der Waals surface area contributed by atoms with E-state index in [1.54, 1.807) is 0 Å². The summed E-state index contributed by atoms with van der Waals surface area (Å²) in [6, 6.07) is 0. The summed E-state index contributed by atoms with van der Waals surface area (Å²) in [7, 11) is 1.36. The Kier molecular flexibility index (Phi) is 2.24. The summed E-state index contributed by atoms with van der Waals surface area (Å²) in [6.07, 6.45) is 1.20. The molecule has 0 bridgehead atoms. The molecule has 0 aromatic carbocycles. The maximum atomic E-state index is 10.7. The Balaban J connectivity index is 1.89. The SMILES string of the molecule is COC(=O)C#CC1C2CCNCC12. The van der Waals surface area contributed by atoms with Crippen LogP contribution in [0.5, 0.6) is 0 Å². The predicted octanol–water partition coefficient (Wildman–Crippen LogP) is 0.0183. The molecule has 3 unspecified atom stereocenters. The number of hydrogen-bond acceptors (Lipinski definition) is 3. The minimum absolute atomic E-state index is 0.420. The molecular formula is C10H13NO2. The lowest BCUT2D eigenvalue weighted by atomic mass is 10.2. The van der Waals surface area contributed by atoms with Gasteiger partial charge in [-0.05, 0) is 31.3 Å². The van der Waals surface area contributed by atoms with Crippen molar-refractivity contribution < 1.29 is 9.53 Å². The summed E-state index contributed by atoms with van der Waals surface area (Å²) in [5, 5.41) is 3.32. The second-order valence-corrected chi connectivity index (χ2v) is 3.61. The summed E-state index contributed by atoms with van der Waals surface area (Å²) < 4.78 is 4.45. The van der Waals surface area contributed by atoms with Crippen molar-refractivity contribution in [1.82, 2.24) is 5.32 Å². The van der Waals surface area contributed by atoms with E-state index in [9.17, 15) is 4.79 Å². The number of carbonyl (C=O) groups excluding carboxylic acids is 1. The molecule has 0 spiro atoms. The van der Waals surface area contributed by atoms with E-state index in [2.05, 4.69) is 21.9 Å². The highest BCUT2D eigenvalue weighted by molar-refractivity contribution is 5.88. The maximum Gasteiger partial charge on any atom is 0.384 e. The van der Waals surface area contributed by atoms with E-state index in [0.717, 1.165) is 19.0 Å². The molecule has 3 heteroatoms. The highest BCUT2D eigenvalue weighted by Gasteiger charge is 2.49. The molecule has 3 atom stereocenters. The molecule has 1 saturated carbocycles. The van der Waals surface area contributed by atoms with Crippen molar-refractivity contribution in [3.8, 4) is 11.8 Å². The van der Waals surface area contributed by atoms with Gasteiger partial charge in [0, 0.05) is 11.8 Å². The van der Waals surface area contributed by atoms with Gasteiger partial charge in [-0.1, -0.05) is 5.92 Å². The van der Waals surface area contributed by atoms with Crippen molar-refractivity contribution in [2.24, 2.45) is 17.8 Å². The Morgan fingerprint density at radius 3 is 3.00 bits per heavy atom. The third-order valence-corrected chi connectivity index (χ3v) is 2.89. The molecule has 1 heterocycles. The Morgan fingerprint density at radius 2 is 2.38 bits per heavy atom. The lowest BCUT2D eigenvalue weighted by Crippen LogP contribution is -2.23. The van der Waals surface area contributed by atoms with Gasteiger partial charge in [-0.25, -0.2) is 4.79 Å². The number of fused-ring (bicyclic) bond motifs is 1. The van der Waals surface area contributed by atoms with Gasteiger partial charge >= 0.3 is 5.97 Å². The third-order valence-electron chi connectivity index (χ3n) is 2.89. The summed E-state index contributed by atoms with van der Waals surface area (Å²) >= 11 is 0. The van der Waals surface area contributed by atoms with Crippen LogP contribution in [0.4, 0.5) is 0 Å². The van der Waals surface area contributed by atoms with Gasteiger partial charge in [-0.2, -0.15) is 0 Å². The van der Waals surface area contributed by atoms with Gasteiger partial charge in [0.1, 0.15) is 0 Å². The zero-order valence-corrected chi connectivity index (χ0v) is 7.67. The lowest BCUT2D eigenvalue weighted by molar-refractivity contribution is -0.133. The van der Waals surface area contributed by atoms with Gasteiger partial charge in [0.05, 0.1) is 7.11 Å². The molecule has 0 radical (unpaired) electrons. The lowest BCUT2D eigenvalue weighted by Gasteiger charge is -2.07. The number of methoxy groups -OCH3 is 1. The molecule has 0 aromatic heterocycles. The molecule has 70 valence electrons. The van der Waals surface area contributed by atoms with E-state index in [1.807, 2.05) is 0 Å². The minimum atomic E-state index is -0.420. The molecule has 13 heavy (non-hydrogen) atoms. The van der Waals surface area contributed by atoms with Gasteiger partial charge in [0.15, 0.2) is 0 Å². The fourth-order valence-electron chi connectivity index (χ4n) is 2.06. The van der Waals surface area contributed by atoms with E-state index in [1.165, 1.54) is 13.5 Å². The van der Waals surface area contributed by atoms with E-state index >= 15 is 0 Å². The van der Waals surface area contributed by atoms with E-state index in [-0.39, 0.29) is 0 Å². The normalized spacial score (nSPS) is 35.3. The maximum absolute atomic E-state index is 10.7. The zero-order valence-electron chi connectivity index (χ0n) is 7.67.